The van der Waals surface area contributed by atoms with Crippen LogP contribution in [0.2, 0.25) is 5.02 Å². The first-order chi connectivity index (χ1) is 8.13. The Morgan fingerprint density at radius 3 is 2.53 bits per heavy atom. The number of hydrogen-bond donors (Lipinski definition) is 0. The Labute approximate surface area is 111 Å². The third-order valence-electron chi connectivity index (χ3n) is 2.43. The van der Waals surface area contributed by atoms with Crippen LogP contribution in [0.15, 0.2) is 36.4 Å². The van der Waals surface area contributed by atoms with E-state index in [-0.39, 0.29) is 5.56 Å². The molecule has 0 atom stereocenters. The Hall–Kier alpha value is -0.930. The average molecular weight is 318 g/mol. The van der Waals surface area contributed by atoms with Crippen LogP contribution in [0.1, 0.15) is 5.56 Å². The van der Waals surface area contributed by atoms with E-state index in [1.807, 2.05) is 6.07 Å². The second-order valence-corrected chi connectivity index (χ2v) is 4.52. The van der Waals surface area contributed by atoms with Crippen LogP contribution < -0.4 is 0 Å². The van der Waals surface area contributed by atoms with Gasteiger partial charge in [0.15, 0.2) is 11.6 Å². The summed E-state index contributed by atoms with van der Waals surface area (Å²) in [6, 6.07) is 9.31. The molecular formula is C13H8BrClF2. The summed E-state index contributed by atoms with van der Waals surface area (Å²) in [5, 5.41) is 1.04. The van der Waals surface area contributed by atoms with Crippen molar-refractivity contribution in [2.75, 3.05) is 0 Å². The van der Waals surface area contributed by atoms with Crippen molar-refractivity contribution in [1.82, 2.24) is 0 Å². The molecule has 2 aromatic rings. The van der Waals surface area contributed by atoms with Crippen molar-refractivity contribution in [2.24, 2.45) is 0 Å². The third kappa shape index (κ3) is 2.50. The average Bonchev–Trinajstić information content (AvgIpc) is 2.34. The Morgan fingerprint density at radius 1 is 1.06 bits per heavy atom. The lowest BCUT2D eigenvalue weighted by Gasteiger charge is -2.08. The van der Waals surface area contributed by atoms with Gasteiger partial charge in [-0.05, 0) is 23.8 Å². The summed E-state index contributed by atoms with van der Waals surface area (Å²) >= 11 is 9.32. The largest absolute Gasteiger partial charge is 0.204 e. The minimum absolute atomic E-state index is 0.179. The minimum atomic E-state index is -0.874. The summed E-state index contributed by atoms with van der Waals surface area (Å²) in [6.07, 6.45) is 0. The molecule has 0 heterocycles. The Bertz CT molecular complexity index is 555. The van der Waals surface area contributed by atoms with Gasteiger partial charge in [0, 0.05) is 21.5 Å². The summed E-state index contributed by atoms with van der Waals surface area (Å²) < 4.78 is 26.8. The molecule has 0 nitrogen and oxygen atoms in total. The van der Waals surface area contributed by atoms with Crippen LogP contribution >= 0.6 is 27.5 Å². The lowest BCUT2D eigenvalue weighted by molar-refractivity contribution is 0.511. The maximum atomic E-state index is 13.7. The van der Waals surface area contributed by atoms with Gasteiger partial charge in [-0.25, -0.2) is 8.78 Å². The normalized spacial score (nSPS) is 10.6. The van der Waals surface area contributed by atoms with Crippen molar-refractivity contribution in [2.45, 2.75) is 5.33 Å². The highest BCUT2D eigenvalue weighted by Crippen LogP contribution is 2.32. The summed E-state index contributed by atoms with van der Waals surface area (Å²) in [4.78, 5) is 0. The van der Waals surface area contributed by atoms with Crippen LogP contribution in [0, 0.1) is 11.6 Å². The molecule has 0 fully saturated rings. The Kier molecular flexibility index (Phi) is 3.79. The Morgan fingerprint density at radius 2 is 1.82 bits per heavy atom. The van der Waals surface area contributed by atoms with E-state index < -0.39 is 11.6 Å². The van der Waals surface area contributed by atoms with Crippen LogP contribution in [0.5, 0.6) is 0 Å². The van der Waals surface area contributed by atoms with Gasteiger partial charge in [-0.2, -0.15) is 0 Å². The molecule has 0 aliphatic carbocycles. The van der Waals surface area contributed by atoms with Gasteiger partial charge in [0.1, 0.15) is 0 Å². The van der Waals surface area contributed by atoms with Crippen molar-refractivity contribution in [3.63, 3.8) is 0 Å². The van der Waals surface area contributed by atoms with Gasteiger partial charge in [-0.15, -0.1) is 0 Å². The monoisotopic (exact) mass is 316 g/mol. The molecule has 4 heteroatoms. The molecule has 0 N–H and O–H groups in total. The summed E-state index contributed by atoms with van der Waals surface area (Å²) in [5.74, 6) is -1.75. The van der Waals surface area contributed by atoms with E-state index in [0.29, 0.717) is 15.9 Å². The zero-order valence-corrected chi connectivity index (χ0v) is 11.0. The summed E-state index contributed by atoms with van der Waals surface area (Å²) in [7, 11) is 0. The van der Waals surface area contributed by atoms with Crippen molar-refractivity contribution in [3.05, 3.63) is 58.6 Å². The fourth-order valence-corrected chi connectivity index (χ4v) is 2.14. The number of alkyl halides is 1. The molecule has 2 rings (SSSR count). The zero-order chi connectivity index (χ0) is 12.4. The van der Waals surface area contributed by atoms with E-state index in [2.05, 4.69) is 15.9 Å². The molecule has 0 unspecified atom stereocenters. The first kappa shape index (κ1) is 12.5. The molecule has 0 aliphatic rings. The van der Waals surface area contributed by atoms with Gasteiger partial charge in [-0.1, -0.05) is 45.7 Å². The summed E-state index contributed by atoms with van der Waals surface area (Å²) in [6.45, 7) is 0. The third-order valence-corrected chi connectivity index (χ3v) is 3.40. The van der Waals surface area contributed by atoms with Crippen molar-refractivity contribution < 1.29 is 8.78 Å². The lowest BCUT2D eigenvalue weighted by atomic mass is 10.0. The molecule has 88 valence electrons. The van der Waals surface area contributed by atoms with Gasteiger partial charge >= 0.3 is 0 Å². The molecule has 0 saturated heterocycles. The highest BCUT2D eigenvalue weighted by molar-refractivity contribution is 9.08. The number of rotatable bonds is 2. The van der Waals surface area contributed by atoms with E-state index in [9.17, 15) is 8.78 Å². The summed E-state index contributed by atoms with van der Waals surface area (Å²) in [5.41, 5.74) is 1.63. The van der Waals surface area contributed by atoms with Crippen molar-refractivity contribution >= 4 is 27.5 Å². The number of hydrogen-bond acceptors (Lipinski definition) is 0. The highest BCUT2D eigenvalue weighted by atomic mass is 79.9. The topological polar surface area (TPSA) is 0 Å². The second-order valence-electron chi connectivity index (χ2n) is 3.55. The molecule has 2 aromatic carbocycles. The molecule has 0 saturated carbocycles. The van der Waals surface area contributed by atoms with E-state index in [0.717, 1.165) is 11.6 Å². The number of benzene rings is 2. The van der Waals surface area contributed by atoms with Crippen LogP contribution in [0.4, 0.5) is 8.78 Å². The van der Waals surface area contributed by atoms with Gasteiger partial charge in [0.05, 0.1) is 0 Å². The molecular weight excluding hydrogens is 309 g/mol. The first-order valence-electron chi connectivity index (χ1n) is 4.92. The standard InChI is InChI=1S/C13H8BrClF2/c14-7-8-4-5-11(15)10(6-8)9-2-1-3-12(16)13(9)17/h1-6H,7H2. The van der Waals surface area contributed by atoms with Crippen LogP contribution in [-0.2, 0) is 5.33 Å². The molecule has 0 aromatic heterocycles. The fourth-order valence-electron chi connectivity index (χ4n) is 1.57. The molecule has 0 bridgehead atoms. The fraction of sp³-hybridized carbons (Fsp3) is 0.0769. The minimum Gasteiger partial charge on any atom is -0.204 e. The van der Waals surface area contributed by atoms with Crippen LogP contribution in [0.25, 0.3) is 11.1 Å². The second kappa shape index (κ2) is 5.15. The van der Waals surface area contributed by atoms with Crippen LogP contribution in [-0.4, -0.2) is 0 Å². The number of halogens is 4. The van der Waals surface area contributed by atoms with E-state index in [4.69, 9.17) is 11.6 Å². The van der Waals surface area contributed by atoms with Gasteiger partial charge in [-0.3, -0.25) is 0 Å². The van der Waals surface area contributed by atoms with Crippen LogP contribution in [0.3, 0.4) is 0 Å². The lowest BCUT2D eigenvalue weighted by Crippen LogP contribution is -1.91. The molecule has 0 spiro atoms. The smallest absolute Gasteiger partial charge is 0.166 e. The maximum Gasteiger partial charge on any atom is 0.166 e. The first-order valence-corrected chi connectivity index (χ1v) is 6.42. The maximum absolute atomic E-state index is 13.7. The van der Waals surface area contributed by atoms with E-state index in [1.54, 1.807) is 12.1 Å². The van der Waals surface area contributed by atoms with E-state index >= 15 is 0 Å². The predicted octanol–water partition coefficient (Wildman–Crippen LogP) is 5.18. The van der Waals surface area contributed by atoms with Gasteiger partial charge < -0.3 is 0 Å². The van der Waals surface area contributed by atoms with Gasteiger partial charge in [0.25, 0.3) is 0 Å². The quantitative estimate of drug-likeness (QED) is 0.669. The van der Waals surface area contributed by atoms with Crippen molar-refractivity contribution in [3.8, 4) is 11.1 Å². The van der Waals surface area contributed by atoms with Crippen molar-refractivity contribution in [1.29, 1.82) is 0 Å². The molecule has 0 radical (unpaired) electrons. The van der Waals surface area contributed by atoms with E-state index in [1.165, 1.54) is 12.1 Å². The predicted molar refractivity (Wildman–Crippen MR) is 69.4 cm³/mol. The van der Waals surface area contributed by atoms with Gasteiger partial charge in [0.2, 0.25) is 0 Å². The SMILES string of the molecule is Fc1cccc(-c2cc(CBr)ccc2Cl)c1F. The highest BCUT2D eigenvalue weighted by Gasteiger charge is 2.12. The Balaban J connectivity index is 2.63. The molecule has 17 heavy (non-hydrogen) atoms. The zero-order valence-electron chi connectivity index (χ0n) is 8.68. The molecule has 0 amide bonds. The molecule has 0 aliphatic heterocycles.